The van der Waals surface area contributed by atoms with Gasteiger partial charge in [0, 0.05) is 19.3 Å². The van der Waals surface area contributed by atoms with Crippen molar-refractivity contribution in [1.82, 2.24) is 4.90 Å². The zero-order chi connectivity index (χ0) is 19.1. The third kappa shape index (κ3) is 5.45. The van der Waals surface area contributed by atoms with Crippen molar-refractivity contribution in [3.63, 3.8) is 0 Å². The fourth-order valence-electron chi connectivity index (χ4n) is 4.35. The van der Waals surface area contributed by atoms with E-state index in [-0.39, 0.29) is 5.91 Å². The van der Waals surface area contributed by atoms with Crippen molar-refractivity contribution in [3.05, 3.63) is 24.3 Å². The van der Waals surface area contributed by atoms with Crippen LogP contribution in [0.15, 0.2) is 24.3 Å². The molecule has 2 fully saturated rings. The van der Waals surface area contributed by atoms with Gasteiger partial charge in [-0.2, -0.15) is 0 Å². The number of rotatable bonds is 8. The first-order valence-corrected chi connectivity index (χ1v) is 10.4. The summed E-state index contributed by atoms with van der Waals surface area (Å²) in [4.78, 5) is 15.3. The Morgan fingerprint density at radius 1 is 1.22 bits per heavy atom. The van der Waals surface area contributed by atoms with Crippen molar-refractivity contribution in [3.8, 4) is 5.75 Å². The maximum atomic E-state index is 12.8. The molecular formula is C22H34N2O3. The Kier molecular flexibility index (Phi) is 7.13. The predicted molar refractivity (Wildman–Crippen MR) is 108 cm³/mol. The molecule has 0 spiro atoms. The second-order valence-corrected chi connectivity index (χ2v) is 8.13. The first-order chi connectivity index (χ1) is 13.1. The number of nitrogens with one attached hydrogen (secondary N) is 1. The molecule has 1 heterocycles. The number of likely N-dealkylation sites (tertiary alicyclic amines) is 1. The fraction of sp³-hybridized carbons (Fsp3) is 0.682. The van der Waals surface area contributed by atoms with Crippen LogP contribution in [0.5, 0.6) is 5.75 Å². The molecule has 1 aliphatic heterocycles. The largest absolute Gasteiger partial charge is 0.494 e. The smallest absolute Gasteiger partial charge is 0.256 e. The number of nitrogens with zero attached hydrogens (tertiary/aromatic N) is 1. The summed E-state index contributed by atoms with van der Waals surface area (Å²) >= 11 is 0. The van der Waals surface area contributed by atoms with Crippen LogP contribution in [0.4, 0.5) is 5.69 Å². The van der Waals surface area contributed by atoms with Crippen LogP contribution in [0, 0.1) is 5.92 Å². The number of amides is 1. The standard InChI is InChI=1S/C22H34N2O3/c1-18-7-5-12-22(17-18,26-2)21(25)23-19-8-10-20(11-9-19)27-16-6-15-24-13-3-4-14-24/h8-11,18H,3-7,12-17H2,1-2H3,(H,23,25)/t18-,22+/m0/s1. The van der Waals surface area contributed by atoms with Gasteiger partial charge in [0.05, 0.1) is 6.61 Å². The first kappa shape index (κ1) is 20.2. The number of methoxy groups -OCH3 is 1. The van der Waals surface area contributed by atoms with Crippen molar-refractivity contribution in [1.29, 1.82) is 0 Å². The van der Waals surface area contributed by atoms with Crippen LogP contribution in [0.1, 0.15) is 51.9 Å². The average Bonchev–Trinajstić information content (AvgIpc) is 3.20. The quantitative estimate of drug-likeness (QED) is 0.697. The lowest BCUT2D eigenvalue weighted by Gasteiger charge is -2.37. The molecule has 5 nitrogen and oxygen atoms in total. The zero-order valence-electron chi connectivity index (χ0n) is 16.8. The summed E-state index contributed by atoms with van der Waals surface area (Å²) in [6.07, 6.45) is 7.49. The van der Waals surface area contributed by atoms with Crippen LogP contribution in [0.25, 0.3) is 0 Å². The van der Waals surface area contributed by atoms with Crippen molar-refractivity contribution in [2.75, 3.05) is 38.7 Å². The third-order valence-corrected chi connectivity index (χ3v) is 5.96. The third-order valence-electron chi connectivity index (χ3n) is 5.96. The van der Waals surface area contributed by atoms with Crippen LogP contribution >= 0.6 is 0 Å². The molecule has 150 valence electrons. The monoisotopic (exact) mass is 374 g/mol. The predicted octanol–water partition coefficient (Wildman–Crippen LogP) is 4.09. The van der Waals surface area contributed by atoms with E-state index in [2.05, 4.69) is 17.1 Å². The Morgan fingerprint density at radius 3 is 2.63 bits per heavy atom. The molecule has 1 aromatic carbocycles. The second kappa shape index (κ2) is 9.56. The maximum absolute atomic E-state index is 12.8. The molecule has 2 atom stereocenters. The van der Waals surface area contributed by atoms with E-state index >= 15 is 0 Å². The fourth-order valence-corrected chi connectivity index (χ4v) is 4.35. The molecule has 0 bridgehead atoms. The lowest BCUT2D eigenvalue weighted by molar-refractivity contribution is -0.143. The Balaban J connectivity index is 1.45. The van der Waals surface area contributed by atoms with Gasteiger partial charge in [0.15, 0.2) is 0 Å². The highest BCUT2D eigenvalue weighted by Gasteiger charge is 2.41. The second-order valence-electron chi connectivity index (χ2n) is 8.13. The van der Waals surface area contributed by atoms with E-state index in [0.717, 1.165) is 50.3 Å². The minimum absolute atomic E-state index is 0.0316. The highest BCUT2D eigenvalue weighted by atomic mass is 16.5. The number of carbonyl (C=O) groups excluding carboxylic acids is 1. The molecule has 0 aromatic heterocycles. The van der Waals surface area contributed by atoms with Crippen molar-refractivity contribution < 1.29 is 14.3 Å². The molecule has 2 aliphatic rings. The Bertz CT molecular complexity index is 598. The lowest BCUT2D eigenvalue weighted by Crippen LogP contribution is -2.47. The summed E-state index contributed by atoms with van der Waals surface area (Å²) < 4.78 is 11.5. The Morgan fingerprint density at radius 2 is 1.96 bits per heavy atom. The Labute approximate surface area is 163 Å². The average molecular weight is 375 g/mol. The van der Waals surface area contributed by atoms with Crippen LogP contribution in [-0.2, 0) is 9.53 Å². The number of carbonyl (C=O) groups is 1. The van der Waals surface area contributed by atoms with E-state index in [0.29, 0.717) is 5.92 Å². The molecule has 3 rings (SSSR count). The van der Waals surface area contributed by atoms with Gasteiger partial charge in [-0.25, -0.2) is 0 Å². The van der Waals surface area contributed by atoms with Crippen LogP contribution in [0.2, 0.25) is 0 Å². The van der Waals surface area contributed by atoms with Gasteiger partial charge in [0.2, 0.25) is 0 Å². The molecular weight excluding hydrogens is 340 g/mol. The summed E-state index contributed by atoms with van der Waals surface area (Å²) in [5, 5.41) is 3.03. The SMILES string of the molecule is CO[C@]1(C(=O)Nc2ccc(OCCCN3CCCC3)cc2)CCC[C@H](C)C1. The van der Waals surface area contributed by atoms with Gasteiger partial charge in [-0.15, -0.1) is 0 Å². The lowest BCUT2D eigenvalue weighted by atomic mass is 9.78. The number of anilines is 1. The van der Waals surface area contributed by atoms with E-state index < -0.39 is 5.60 Å². The van der Waals surface area contributed by atoms with E-state index in [4.69, 9.17) is 9.47 Å². The molecule has 1 amide bonds. The van der Waals surface area contributed by atoms with Crippen LogP contribution in [0.3, 0.4) is 0 Å². The number of hydrogen-bond acceptors (Lipinski definition) is 4. The normalized spacial score (nSPS) is 26.1. The summed E-state index contributed by atoms with van der Waals surface area (Å²) in [6.45, 7) is 6.50. The van der Waals surface area contributed by atoms with Gasteiger partial charge >= 0.3 is 0 Å². The summed E-state index contributed by atoms with van der Waals surface area (Å²) in [5.74, 6) is 1.33. The summed E-state index contributed by atoms with van der Waals surface area (Å²) in [7, 11) is 1.65. The van der Waals surface area contributed by atoms with Crippen LogP contribution < -0.4 is 10.1 Å². The van der Waals surface area contributed by atoms with Gasteiger partial charge < -0.3 is 19.7 Å². The van der Waals surface area contributed by atoms with E-state index in [9.17, 15) is 4.79 Å². The molecule has 1 aliphatic carbocycles. The van der Waals surface area contributed by atoms with Crippen molar-refractivity contribution in [2.24, 2.45) is 5.92 Å². The minimum Gasteiger partial charge on any atom is -0.494 e. The molecule has 1 N–H and O–H groups in total. The highest BCUT2D eigenvalue weighted by Crippen LogP contribution is 2.35. The molecule has 1 aromatic rings. The van der Waals surface area contributed by atoms with E-state index in [1.165, 1.54) is 32.4 Å². The molecule has 1 saturated carbocycles. The molecule has 1 saturated heterocycles. The maximum Gasteiger partial charge on any atom is 0.256 e. The summed E-state index contributed by atoms with van der Waals surface area (Å²) in [6, 6.07) is 7.66. The minimum atomic E-state index is -0.692. The number of ether oxygens (including phenoxy) is 2. The Hall–Kier alpha value is -1.59. The molecule has 5 heteroatoms. The first-order valence-electron chi connectivity index (χ1n) is 10.4. The van der Waals surface area contributed by atoms with Gasteiger partial charge in [0.1, 0.15) is 11.4 Å². The van der Waals surface area contributed by atoms with Crippen LogP contribution in [-0.4, -0.2) is 49.8 Å². The molecule has 0 unspecified atom stereocenters. The van der Waals surface area contributed by atoms with Gasteiger partial charge in [0.25, 0.3) is 5.91 Å². The van der Waals surface area contributed by atoms with Crippen molar-refractivity contribution >= 4 is 11.6 Å². The van der Waals surface area contributed by atoms with E-state index in [1.54, 1.807) is 7.11 Å². The molecule has 0 radical (unpaired) electrons. The van der Waals surface area contributed by atoms with E-state index in [1.807, 2.05) is 24.3 Å². The molecule has 27 heavy (non-hydrogen) atoms. The highest BCUT2D eigenvalue weighted by molar-refractivity contribution is 5.97. The van der Waals surface area contributed by atoms with Crippen molar-refractivity contribution in [2.45, 2.75) is 57.5 Å². The topological polar surface area (TPSA) is 50.8 Å². The number of hydrogen-bond donors (Lipinski definition) is 1. The van der Waals surface area contributed by atoms with Gasteiger partial charge in [-0.3, -0.25) is 4.79 Å². The summed E-state index contributed by atoms with van der Waals surface area (Å²) in [5.41, 5.74) is 0.0988. The zero-order valence-corrected chi connectivity index (χ0v) is 16.8. The number of benzene rings is 1. The van der Waals surface area contributed by atoms with Gasteiger partial charge in [-0.1, -0.05) is 13.3 Å². The van der Waals surface area contributed by atoms with Gasteiger partial charge in [-0.05, 0) is 81.8 Å².